The average Bonchev–Trinajstić information content (AvgIpc) is 2.71. The number of hydrogen-bond acceptors (Lipinski definition) is 12. The molecule has 0 heterocycles. The highest BCUT2D eigenvalue weighted by Crippen LogP contribution is 2.11. The Bertz CT molecular complexity index is 348. The van der Waals surface area contributed by atoms with Gasteiger partial charge in [-0.25, -0.2) is 0 Å². The molecular formula is C13H28O8S8. The van der Waals surface area contributed by atoms with E-state index in [-0.39, 0.29) is 43.5 Å². The van der Waals surface area contributed by atoms with Crippen LogP contribution < -0.4 is 0 Å². The minimum absolute atomic E-state index is 0.187. The number of carbonyl (C=O) groups is 4. The molecule has 0 aromatic carbocycles. The number of hydrogen-bond donors (Lipinski definition) is 12. The van der Waals surface area contributed by atoms with Crippen molar-refractivity contribution in [1.29, 1.82) is 0 Å². The molecule has 0 atom stereocenters. The highest BCUT2D eigenvalue weighted by atomic mass is 32.1. The van der Waals surface area contributed by atoms with Crippen LogP contribution in [0.2, 0.25) is 0 Å². The van der Waals surface area contributed by atoms with Gasteiger partial charge in [-0.05, 0) is 0 Å². The molecule has 0 spiro atoms. The van der Waals surface area contributed by atoms with E-state index < -0.39 is 31.8 Å². The van der Waals surface area contributed by atoms with E-state index >= 15 is 0 Å². The van der Waals surface area contributed by atoms with Crippen LogP contribution in [-0.2, 0) is 19.2 Å². The zero-order valence-electron chi connectivity index (χ0n) is 15.2. The van der Waals surface area contributed by atoms with Gasteiger partial charge in [0.2, 0.25) is 0 Å². The summed E-state index contributed by atoms with van der Waals surface area (Å²) in [6, 6.07) is 0. The number of aliphatic hydroxyl groups excluding tert-OH is 4. The molecule has 16 heteroatoms. The first-order valence-electron chi connectivity index (χ1n) is 7.07. The van der Waals surface area contributed by atoms with Crippen LogP contribution in [0.3, 0.4) is 0 Å². The predicted octanol–water partition coefficient (Wildman–Crippen LogP) is -0.568. The Kier molecular flexibility index (Phi) is 44.2. The topological polar surface area (TPSA) is 149 Å². The SMILES string of the molecule is O=C(S)CS.O=C(S)CS.O=C(S)CS.O=C(S)CS.OCC(CO)(CO)CO. The van der Waals surface area contributed by atoms with Gasteiger partial charge in [0, 0.05) is 0 Å². The van der Waals surface area contributed by atoms with Crippen molar-refractivity contribution in [3.63, 3.8) is 0 Å². The van der Waals surface area contributed by atoms with E-state index in [0.29, 0.717) is 0 Å². The van der Waals surface area contributed by atoms with Crippen molar-refractivity contribution in [3.05, 3.63) is 0 Å². The van der Waals surface area contributed by atoms with Crippen LogP contribution in [0.25, 0.3) is 0 Å². The zero-order valence-corrected chi connectivity index (χ0v) is 22.3. The molecule has 0 aliphatic rings. The lowest BCUT2D eigenvalue weighted by Crippen LogP contribution is -2.37. The lowest BCUT2D eigenvalue weighted by atomic mass is 9.93. The van der Waals surface area contributed by atoms with Gasteiger partial charge in [0.1, 0.15) is 0 Å². The quantitative estimate of drug-likeness (QED) is 0.174. The maximum Gasteiger partial charge on any atom is 0.195 e. The van der Waals surface area contributed by atoms with Gasteiger partial charge in [0.25, 0.3) is 0 Å². The van der Waals surface area contributed by atoms with Gasteiger partial charge in [0.15, 0.2) is 20.5 Å². The van der Waals surface area contributed by atoms with Gasteiger partial charge < -0.3 is 20.4 Å². The van der Waals surface area contributed by atoms with Crippen LogP contribution >= 0.6 is 101 Å². The maximum atomic E-state index is 9.60. The van der Waals surface area contributed by atoms with Crippen molar-refractivity contribution in [1.82, 2.24) is 0 Å². The van der Waals surface area contributed by atoms with Gasteiger partial charge in [-0.3, -0.25) is 19.2 Å². The Hall–Kier alpha value is 1.32. The van der Waals surface area contributed by atoms with Crippen LogP contribution in [0, 0.1) is 5.41 Å². The van der Waals surface area contributed by atoms with Gasteiger partial charge >= 0.3 is 0 Å². The molecule has 0 saturated heterocycles. The number of rotatable bonds is 8. The minimum Gasteiger partial charge on any atom is -0.396 e. The summed E-state index contributed by atoms with van der Waals surface area (Å²) in [6.45, 7) is -1.62. The molecule has 0 amide bonds. The molecule has 176 valence electrons. The van der Waals surface area contributed by atoms with Crippen molar-refractivity contribution in [2.24, 2.45) is 5.41 Å². The molecule has 0 radical (unpaired) electrons. The van der Waals surface area contributed by atoms with Gasteiger partial charge in [-0.2, -0.15) is 50.5 Å². The third kappa shape index (κ3) is 48.1. The third-order valence-electron chi connectivity index (χ3n) is 1.88. The fourth-order valence-electron chi connectivity index (χ4n) is 0.300. The van der Waals surface area contributed by atoms with E-state index in [1.807, 2.05) is 0 Å². The summed E-state index contributed by atoms with van der Waals surface area (Å²) in [7, 11) is 0. The first kappa shape index (κ1) is 40.7. The number of thiol groups is 8. The normalized spacial score (nSPS) is 8.97. The smallest absolute Gasteiger partial charge is 0.195 e. The van der Waals surface area contributed by atoms with Crippen LogP contribution in [-0.4, -0.2) is 90.3 Å². The Labute approximate surface area is 214 Å². The Balaban J connectivity index is -0.0000000853. The van der Waals surface area contributed by atoms with E-state index in [0.717, 1.165) is 0 Å². The second-order valence-corrected chi connectivity index (χ2v) is 7.60. The molecule has 29 heavy (non-hydrogen) atoms. The zero-order chi connectivity index (χ0) is 24.5. The van der Waals surface area contributed by atoms with Gasteiger partial charge in [-0.1, -0.05) is 0 Å². The molecule has 0 aromatic heterocycles. The fraction of sp³-hybridized carbons (Fsp3) is 0.692. The standard InChI is InChI=1S/C5H12O4.4C2H4OS2/c6-1-5(2-7,3-8)4-9;4*3-2(5)1-4/h6-9H,1-4H2;4*4H,1H2,(H,3,5). The molecule has 4 N–H and O–H groups in total. The summed E-state index contributed by atoms with van der Waals surface area (Å²) in [4.78, 5) is 38.4. The molecule has 8 nitrogen and oxygen atoms in total. The second kappa shape index (κ2) is 31.5. The molecule has 0 aliphatic carbocycles. The van der Waals surface area contributed by atoms with E-state index in [9.17, 15) is 19.2 Å². The lowest BCUT2D eigenvalue weighted by molar-refractivity contribution is -0.109. The summed E-state index contributed by atoms with van der Waals surface area (Å²) >= 11 is 27.9. The van der Waals surface area contributed by atoms with Crippen LogP contribution in [0.15, 0.2) is 0 Å². The predicted molar refractivity (Wildman–Crippen MR) is 142 cm³/mol. The van der Waals surface area contributed by atoms with E-state index in [2.05, 4.69) is 101 Å². The molecule has 0 saturated carbocycles. The summed E-state index contributed by atoms with van der Waals surface area (Å²) < 4.78 is 0. The van der Waals surface area contributed by atoms with Crippen molar-refractivity contribution in [2.75, 3.05) is 49.4 Å². The van der Waals surface area contributed by atoms with Crippen molar-refractivity contribution < 1.29 is 39.6 Å². The summed E-state index contributed by atoms with van der Waals surface area (Å²) in [5.41, 5.74) is -1.11. The van der Waals surface area contributed by atoms with Crippen LogP contribution in [0.5, 0.6) is 0 Å². The molecule has 0 bridgehead atoms. The van der Waals surface area contributed by atoms with Gasteiger partial charge in [0.05, 0.1) is 54.9 Å². The van der Waals surface area contributed by atoms with E-state index in [1.54, 1.807) is 0 Å². The summed E-state index contributed by atoms with van der Waals surface area (Å²) in [6.07, 6.45) is 0. The summed E-state index contributed by atoms with van der Waals surface area (Å²) in [5.74, 6) is 0.901. The Morgan fingerprint density at radius 3 is 0.586 bits per heavy atom. The number of carbonyl (C=O) groups excluding carboxylic acids is 4. The third-order valence-corrected chi connectivity index (χ3v) is 4.66. The second-order valence-electron chi connectivity index (χ2n) is 4.34. The molecule has 0 unspecified atom stereocenters. The van der Waals surface area contributed by atoms with Crippen LogP contribution in [0.1, 0.15) is 0 Å². The van der Waals surface area contributed by atoms with Crippen molar-refractivity contribution in [3.8, 4) is 0 Å². The fourth-order valence-corrected chi connectivity index (χ4v) is 0.300. The maximum absolute atomic E-state index is 9.60. The average molecular weight is 569 g/mol. The molecule has 0 rings (SSSR count). The Morgan fingerprint density at radius 2 is 0.586 bits per heavy atom. The monoisotopic (exact) mass is 568 g/mol. The minimum atomic E-state index is -1.11. The van der Waals surface area contributed by atoms with E-state index in [4.69, 9.17) is 20.4 Å². The van der Waals surface area contributed by atoms with Crippen LogP contribution in [0.4, 0.5) is 0 Å². The summed E-state index contributed by atoms with van der Waals surface area (Å²) in [5, 5.41) is 33.2. The van der Waals surface area contributed by atoms with Gasteiger partial charge in [-0.15, -0.1) is 50.5 Å². The Morgan fingerprint density at radius 1 is 0.483 bits per heavy atom. The number of aliphatic hydroxyl groups is 4. The van der Waals surface area contributed by atoms with E-state index in [1.165, 1.54) is 0 Å². The first-order valence-corrected chi connectivity index (χ1v) is 11.4. The molecule has 0 aliphatic heterocycles. The lowest BCUT2D eigenvalue weighted by Gasteiger charge is -2.23. The van der Waals surface area contributed by atoms with Crippen molar-refractivity contribution in [2.45, 2.75) is 0 Å². The highest BCUT2D eigenvalue weighted by Gasteiger charge is 2.26. The highest BCUT2D eigenvalue weighted by molar-refractivity contribution is 7.99. The molecule has 0 fully saturated rings. The largest absolute Gasteiger partial charge is 0.396 e. The molecular weight excluding hydrogens is 541 g/mol. The first-order chi connectivity index (χ1) is 13.3. The van der Waals surface area contributed by atoms with Crippen molar-refractivity contribution >= 4 is 121 Å². The molecule has 0 aromatic rings.